The Bertz CT molecular complexity index is 534. The second-order valence-corrected chi connectivity index (χ2v) is 5.70. The highest BCUT2D eigenvalue weighted by atomic mass is 16.5. The minimum atomic E-state index is -0.293. The second-order valence-electron chi connectivity index (χ2n) is 5.70. The number of hydrogen-bond acceptors (Lipinski definition) is 4. The SMILES string of the molecule is CCOC(=O)c1ccccc1N1CCN(C(=O)C(C)C)CC1. The van der Waals surface area contributed by atoms with Crippen LogP contribution in [0.3, 0.4) is 0 Å². The zero-order valence-corrected chi connectivity index (χ0v) is 13.5. The topological polar surface area (TPSA) is 49.9 Å². The number of para-hydroxylation sites is 1. The van der Waals surface area contributed by atoms with Crippen LogP contribution in [-0.4, -0.2) is 49.6 Å². The van der Waals surface area contributed by atoms with Crippen molar-refractivity contribution in [2.75, 3.05) is 37.7 Å². The summed E-state index contributed by atoms with van der Waals surface area (Å²) in [4.78, 5) is 28.1. The van der Waals surface area contributed by atoms with E-state index in [4.69, 9.17) is 4.74 Å². The molecule has 1 saturated heterocycles. The Hall–Kier alpha value is -2.04. The summed E-state index contributed by atoms with van der Waals surface area (Å²) in [7, 11) is 0. The summed E-state index contributed by atoms with van der Waals surface area (Å²) in [6.07, 6.45) is 0. The van der Waals surface area contributed by atoms with Crippen LogP contribution in [0.5, 0.6) is 0 Å². The monoisotopic (exact) mass is 304 g/mol. The average Bonchev–Trinajstić information content (AvgIpc) is 2.54. The van der Waals surface area contributed by atoms with Crippen LogP contribution in [0.1, 0.15) is 31.1 Å². The van der Waals surface area contributed by atoms with E-state index in [1.165, 1.54) is 0 Å². The molecule has 1 aromatic carbocycles. The lowest BCUT2D eigenvalue weighted by molar-refractivity contribution is -0.134. The van der Waals surface area contributed by atoms with E-state index in [0.29, 0.717) is 25.3 Å². The molecule has 0 radical (unpaired) electrons. The molecule has 22 heavy (non-hydrogen) atoms. The Balaban J connectivity index is 2.08. The Labute approximate surface area is 131 Å². The van der Waals surface area contributed by atoms with Crippen LogP contribution in [0.25, 0.3) is 0 Å². The molecule has 1 amide bonds. The molecule has 5 heteroatoms. The molecule has 1 aromatic rings. The first-order valence-electron chi connectivity index (χ1n) is 7.84. The zero-order valence-electron chi connectivity index (χ0n) is 13.5. The number of rotatable bonds is 4. The van der Waals surface area contributed by atoms with E-state index >= 15 is 0 Å². The van der Waals surface area contributed by atoms with E-state index < -0.39 is 0 Å². The first kappa shape index (κ1) is 16.3. The fraction of sp³-hybridized carbons (Fsp3) is 0.529. The number of ether oxygens (including phenoxy) is 1. The summed E-state index contributed by atoms with van der Waals surface area (Å²) < 4.78 is 5.12. The van der Waals surface area contributed by atoms with E-state index in [9.17, 15) is 9.59 Å². The predicted molar refractivity (Wildman–Crippen MR) is 86.0 cm³/mol. The van der Waals surface area contributed by atoms with Gasteiger partial charge in [0, 0.05) is 32.1 Å². The molecule has 1 aliphatic rings. The van der Waals surface area contributed by atoms with Gasteiger partial charge in [0.1, 0.15) is 0 Å². The molecule has 0 spiro atoms. The van der Waals surface area contributed by atoms with Crippen molar-refractivity contribution in [1.29, 1.82) is 0 Å². The van der Waals surface area contributed by atoms with Gasteiger partial charge in [-0.2, -0.15) is 0 Å². The smallest absolute Gasteiger partial charge is 0.340 e. The van der Waals surface area contributed by atoms with Gasteiger partial charge in [-0.15, -0.1) is 0 Å². The molecule has 0 saturated carbocycles. The van der Waals surface area contributed by atoms with Gasteiger partial charge in [-0.05, 0) is 19.1 Å². The summed E-state index contributed by atoms with van der Waals surface area (Å²) in [6, 6.07) is 7.49. The van der Waals surface area contributed by atoms with Gasteiger partial charge < -0.3 is 14.5 Å². The number of nitrogens with zero attached hydrogens (tertiary/aromatic N) is 2. The Morgan fingerprint density at radius 1 is 1.14 bits per heavy atom. The van der Waals surface area contributed by atoms with Crippen LogP contribution in [0.15, 0.2) is 24.3 Å². The number of anilines is 1. The van der Waals surface area contributed by atoms with Crippen molar-refractivity contribution in [3.63, 3.8) is 0 Å². The molecule has 1 aliphatic heterocycles. The third-order valence-corrected chi connectivity index (χ3v) is 3.83. The zero-order chi connectivity index (χ0) is 16.1. The van der Waals surface area contributed by atoms with E-state index in [2.05, 4.69) is 4.90 Å². The van der Waals surface area contributed by atoms with Gasteiger partial charge in [0.25, 0.3) is 0 Å². The van der Waals surface area contributed by atoms with Crippen LogP contribution in [0, 0.1) is 5.92 Å². The summed E-state index contributed by atoms with van der Waals surface area (Å²) in [5, 5.41) is 0. The lowest BCUT2D eigenvalue weighted by Crippen LogP contribution is -2.50. The lowest BCUT2D eigenvalue weighted by atomic mass is 10.1. The highest BCUT2D eigenvalue weighted by Crippen LogP contribution is 2.23. The second kappa shape index (κ2) is 7.29. The van der Waals surface area contributed by atoms with Crippen molar-refractivity contribution in [2.24, 2.45) is 5.92 Å². The molecule has 120 valence electrons. The molecule has 0 bridgehead atoms. The maximum atomic E-state index is 12.1. The molecule has 0 unspecified atom stereocenters. The van der Waals surface area contributed by atoms with E-state index in [1.807, 2.05) is 36.9 Å². The highest BCUT2D eigenvalue weighted by molar-refractivity contribution is 5.96. The number of esters is 1. The van der Waals surface area contributed by atoms with Gasteiger partial charge in [0.15, 0.2) is 0 Å². The molecule has 0 aliphatic carbocycles. The minimum absolute atomic E-state index is 0.0263. The van der Waals surface area contributed by atoms with E-state index in [-0.39, 0.29) is 17.8 Å². The van der Waals surface area contributed by atoms with Crippen LogP contribution in [0.2, 0.25) is 0 Å². The Morgan fingerprint density at radius 3 is 2.36 bits per heavy atom. The number of carbonyl (C=O) groups excluding carboxylic acids is 2. The normalized spacial score (nSPS) is 15.1. The average molecular weight is 304 g/mol. The quantitative estimate of drug-likeness (QED) is 0.800. The van der Waals surface area contributed by atoms with Gasteiger partial charge >= 0.3 is 5.97 Å². The third-order valence-electron chi connectivity index (χ3n) is 3.83. The third kappa shape index (κ3) is 3.59. The first-order valence-corrected chi connectivity index (χ1v) is 7.84. The summed E-state index contributed by atoms with van der Waals surface area (Å²) in [5.41, 5.74) is 1.48. The molecular formula is C17H24N2O3. The van der Waals surface area contributed by atoms with Crippen molar-refractivity contribution in [3.8, 4) is 0 Å². The van der Waals surface area contributed by atoms with E-state index in [1.54, 1.807) is 13.0 Å². The molecule has 2 rings (SSSR count). The number of carbonyl (C=O) groups is 2. The maximum Gasteiger partial charge on any atom is 0.340 e. The van der Waals surface area contributed by atoms with Crippen LogP contribution in [-0.2, 0) is 9.53 Å². The van der Waals surface area contributed by atoms with Crippen LogP contribution >= 0.6 is 0 Å². The number of piperazine rings is 1. The van der Waals surface area contributed by atoms with Crippen molar-refractivity contribution < 1.29 is 14.3 Å². The Kier molecular flexibility index (Phi) is 5.41. The standard InChI is InChI=1S/C17H24N2O3/c1-4-22-17(21)14-7-5-6-8-15(14)18-9-11-19(12-10-18)16(20)13(2)3/h5-8,13H,4,9-12H2,1-3H3. The van der Waals surface area contributed by atoms with Crippen molar-refractivity contribution in [3.05, 3.63) is 29.8 Å². The fourth-order valence-electron chi connectivity index (χ4n) is 2.66. The molecule has 5 nitrogen and oxygen atoms in total. The van der Waals surface area contributed by atoms with E-state index in [0.717, 1.165) is 18.8 Å². The van der Waals surface area contributed by atoms with Gasteiger partial charge in [0.2, 0.25) is 5.91 Å². The van der Waals surface area contributed by atoms with Crippen LogP contribution < -0.4 is 4.90 Å². The summed E-state index contributed by atoms with van der Waals surface area (Å²) in [6.45, 7) is 8.85. The highest BCUT2D eigenvalue weighted by Gasteiger charge is 2.25. The molecule has 1 heterocycles. The largest absolute Gasteiger partial charge is 0.462 e. The van der Waals surface area contributed by atoms with Crippen molar-refractivity contribution in [2.45, 2.75) is 20.8 Å². The molecular weight excluding hydrogens is 280 g/mol. The molecule has 0 aromatic heterocycles. The van der Waals surface area contributed by atoms with Gasteiger partial charge in [0.05, 0.1) is 17.9 Å². The van der Waals surface area contributed by atoms with Gasteiger partial charge in [-0.1, -0.05) is 26.0 Å². The van der Waals surface area contributed by atoms with Crippen LogP contribution in [0.4, 0.5) is 5.69 Å². The predicted octanol–water partition coefficient (Wildman–Crippen LogP) is 2.17. The van der Waals surface area contributed by atoms with Gasteiger partial charge in [-0.3, -0.25) is 4.79 Å². The molecule has 1 fully saturated rings. The molecule has 0 N–H and O–H groups in total. The lowest BCUT2D eigenvalue weighted by Gasteiger charge is -2.37. The number of benzene rings is 1. The molecule has 0 atom stereocenters. The Morgan fingerprint density at radius 2 is 1.77 bits per heavy atom. The fourth-order valence-corrected chi connectivity index (χ4v) is 2.66. The summed E-state index contributed by atoms with van der Waals surface area (Å²) in [5.74, 6) is -0.0736. The number of amides is 1. The van der Waals surface area contributed by atoms with Gasteiger partial charge in [-0.25, -0.2) is 4.79 Å². The summed E-state index contributed by atoms with van der Waals surface area (Å²) >= 11 is 0. The first-order chi connectivity index (χ1) is 10.5. The number of hydrogen-bond donors (Lipinski definition) is 0. The minimum Gasteiger partial charge on any atom is -0.462 e. The van der Waals surface area contributed by atoms with Crippen molar-refractivity contribution >= 4 is 17.6 Å². The maximum absolute atomic E-state index is 12.1. The van der Waals surface area contributed by atoms with Crippen molar-refractivity contribution in [1.82, 2.24) is 4.90 Å².